The molecule has 0 radical (unpaired) electrons. The monoisotopic (exact) mass is 290 g/mol. The molecule has 0 aromatic heterocycles. The summed E-state index contributed by atoms with van der Waals surface area (Å²) in [6.45, 7) is 0.0885. The molecule has 1 aromatic rings. The Hall–Kier alpha value is -1.17. The fraction of sp³-hybridized carbons (Fsp3) is 0.400. The SMILES string of the molecule is [N-]=[N+]=NCCC(O)C(O)c1cc(Cl)c(N)c(Cl)c1. The Bertz CT molecular complexity index is 454. The van der Waals surface area contributed by atoms with Gasteiger partial charge in [-0.3, -0.25) is 0 Å². The second kappa shape index (κ2) is 6.68. The minimum absolute atomic E-state index is 0.0885. The van der Waals surface area contributed by atoms with Gasteiger partial charge in [0.1, 0.15) is 6.10 Å². The topological polar surface area (TPSA) is 115 Å². The third-order valence-corrected chi connectivity index (χ3v) is 3.02. The molecule has 1 rings (SSSR count). The maximum atomic E-state index is 9.89. The fourth-order valence-electron chi connectivity index (χ4n) is 1.39. The smallest absolute Gasteiger partial charge is 0.105 e. The van der Waals surface area contributed by atoms with Crippen molar-refractivity contribution in [2.24, 2.45) is 5.11 Å². The van der Waals surface area contributed by atoms with Gasteiger partial charge in [0.15, 0.2) is 0 Å². The van der Waals surface area contributed by atoms with Gasteiger partial charge in [0.2, 0.25) is 0 Å². The molecule has 0 fully saturated rings. The van der Waals surface area contributed by atoms with Crippen molar-refractivity contribution in [1.29, 1.82) is 0 Å². The molecule has 0 saturated carbocycles. The molecule has 18 heavy (non-hydrogen) atoms. The Balaban J connectivity index is 2.83. The Morgan fingerprint density at radius 3 is 2.39 bits per heavy atom. The van der Waals surface area contributed by atoms with Gasteiger partial charge in [-0.15, -0.1) is 0 Å². The van der Waals surface area contributed by atoms with E-state index in [1.165, 1.54) is 12.1 Å². The van der Waals surface area contributed by atoms with E-state index >= 15 is 0 Å². The molecule has 6 nitrogen and oxygen atoms in total. The van der Waals surface area contributed by atoms with Crippen LogP contribution in [0.4, 0.5) is 5.69 Å². The van der Waals surface area contributed by atoms with Crippen LogP contribution >= 0.6 is 23.2 Å². The fourth-order valence-corrected chi connectivity index (χ4v) is 1.89. The molecule has 0 aliphatic heterocycles. The Labute approximate surface area is 114 Å². The molecule has 0 heterocycles. The molecule has 0 saturated heterocycles. The first-order chi connectivity index (χ1) is 8.47. The molecule has 2 atom stereocenters. The second-order valence-corrected chi connectivity index (χ2v) is 4.47. The molecule has 1 aromatic carbocycles. The molecule has 0 bridgehead atoms. The van der Waals surface area contributed by atoms with Gasteiger partial charge < -0.3 is 15.9 Å². The quantitative estimate of drug-likeness (QED) is 0.335. The molecule has 0 aliphatic carbocycles. The van der Waals surface area contributed by atoms with Crippen LogP contribution in [0.25, 0.3) is 10.4 Å². The summed E-state index contributed by atoms with van der Waals surface area (Å²) in [6.07, 6.45) is -2.12. The summed E-state index contributed by atoms with van der Waals surface area (Å²) in [6, 6.07) is 2.87. The van der Waals surface area contributed by atoms with Crippen molar-refractivity contribution in [3.63, 3.8) is 0 Å². The van der Waals surface area contributed by atoms with Crippen LogP contribution in [0.3, 0.4) is 0 Å². The number of hydrogen-bond acceptors (Lipinski definition) is 4. The number of nitrogen functional groups attached to an aromatic ring is 1. The lowest BCUT2D eigenvalue weighted by Gasteiger charge is -2.18. The van der Waals surface area contributed by atoms with Gasteiger partial charge in [0.25, 0.3) is 0 Å². The van der Waals surface area contributed by atoms with Crippen molar-refractivity contribution in [1.82, 2.24) is 0 Å². The number of rotatable bonds is 5. The van der Waals surface area contributed by atoms with Crippen molar-refractivity contribution in [2.75, 3.05) is 12.3 Å². The zero-order chi connectivity index (χ0) is 13.7. The van der Waals surface area contributed by atoms with Gasteiger partial charge in [-0.25, -0.2) is 0 Å². The lowest BCUT2D eigenvalue weighted by atomic mass is 10.0. The van der Waals surface area contributed by atoms with E-state index in [9.17, 15) is 10.2 Å². The minimum atomic E-state index is -1.17. The van der Waals surface area contributed by atoms with Gasteiger partial charge in [-0.2, -0.15) is 0 Å². The Morgan fingerprint density at radius 2 is 1.89 bits per heavy atom. The molecule has 0 amide bonds. The summed E-state index contributed by atoms with van der Waals surface area (Å²) in [4.78, 5) is 2.55. The van der Waals surface area contributed by atoms with Crippen LogP contribution in [-0.2, 0) is 0 Å². The van der Waals surface area contributed by atoms with Gasteiger partial charge >= 0.3 is 0 Å². The average molecular weight is 291 g/mol. The van der Waals surface area contributed by atoms with Gasteiger partial charge in [-0.05, 0) is 29.6 Å². The van der Waals surface area contributed by atoms with Crippen molar-refractivity contribution >= 4 is 28.9 Å². The van der Waals surface area contributed by atoms with E-state index < -0.39 is 12.2 Å². The zero-order valence-electron chi connectivity index (χ0n) is 9.29. The molecule has 8 heteroatoms. The predicted molar refractivity (Wildman–Crippen MR) is 70.5 cm³/mol. The second-order valence-electron chi connectivity index (χ2n) is 3.65. The summed E-state index contributed by atoms with van der Waals surface area (Å²) in [5, 5.41) is 23.3. The van der Waals surface area contributed by atoms with Crippen LogP contribution in [0.1, 0.15) is 18.1 Å². The summed E-state index contributed by atoms with van der Waals surface area (Å²) in [5.74, 6) is 0. The largest absolute Gasteiger partial charge is 0.396 e. The van der Waals surface area contributed by atoms with Crippen LogP contribution in [0.15, 0.2) is 17.2 Å². The highest BCUT2D eigenvalue weighted by atomic mass is 35.5. The lowest BCUT2D eigenvalue weighted by Crippen LogP contribution is -2.19. The lowest BCUT2D eigenvalue weighted by molar-refractivity contribution is 0.0150. The first-order valence-corrected chi connectivity index (χ1v) is 5.84. The average Bonchev–Trinajstić information content (AvgIpc) is 2.34. The number of aliphatic hydroxyl groups is 2. The van der Waals surface area contributed by atoms with Crippen LogP contribution in [-0.4, -0.2) is 22.9 Å². The number of anilines is 1. The third-order valence-electron chi connectivity index (χ3n) is 2.40. The van der Waals surface area contributed by atoms with E-state index in [0.717, 1.165) is 0 Å². The number of hydrogen-bond donors (Lipinski definition) is 3. The first-order valence-electron chi connectivity index (χ1n) is 5.08. The molecular weight excluding hydrogens is 279 g/mol. The van der Waals surface area contributed by atoms with Crippen LogP contribution in [0, 0.1) is 0 Å². The number of benzene rings is 1. The summed E-state index contributed by atoms with van der Waals surface area (Å²) < 4.78 is 0. The van der Waals surface area contributed by atoms with Gasteiger partial charge in [0.05, 0.1) is 21.8 Å². The van der Waals surface area contributed by atoms with E-state index in [1.54, 1.807) is 0 Å². The molecule has 98 valence electrons. The number of nitrogens with two attached hydrogens (primary N) is 1. The van der Waals surface area contributed by atoms with Crippen LogP contribution < -0.4 is 5.73 Å². The van der Waals surface area contributed by atoms with Gasteiger partial charge in [-0.1, -0.05) is 28.3 Å². The maximum Gasteiger partial charge on any atom is 0.105 e. The molecule has 2 unspecified atom stereocenters. The number of halogens is 2. The highest BCUT2D eigenvalue weighted by Gasteiger charge is 2.19. The minimum Gasteiger partial charge on any atom is -0.396 e. The van der Waals surface area contributed by atoms with Crippen LogP contribution in [0.2, 0.25) is 10.0 Å². The van der Waals surface area contributed by atoms with Crippen molar-refractivity contribution in [3.05, 3.63) is 38.2 Å². The first kappa shape index (κ1) is 14.9. The van der Waals surface area contributed by atoms with Gasteiger partial charge in [0, 0.05) is 11.5 Å². The molecular formula is C10H12Cl2N4O2. The van der Waals surface area contributed by atoms with E-state index in [0.29, 0.717) is 5.56 Å². The number of aliphatic hydroxyl groups excluding tert-OH is 2. The zero-order valence-corrected chi connectivity index (χ0v) is 10.8. The number of azide groups is 1. The van der Waals surface area contributed by atoms with Crippen molar-refractivity contribution in [3.8, 4) is 0 Å². The molecule has 0 spiro atoms. The molecule has 0 aliphatic rings. The Morgan fingerprint density at radius 1 is 1.33 bits per heavy atom. The Kier molecular flexibility index (Phi) is 5.53. The highest BCUT2D eigenvalue weighted by molar-refractivity contribution is 6.38. The standard InChI is InChI=1S/C10H12Cl2N4O2/c11-6-3-5(4-7(12)9(6)13)10(18)8(17)1-2-15-16-14/h3-4,8,10,17-18H,1-2,13H2. The van der Waals surface area contributed by atoms with Crippen molar-refractivity contribution in [2.45, 2.75) is 18.6 Å². The number of nitrogens with zero attached hydrogens (tertiary/aromatic N) is 3. The van der Waals surface area contributed by atoms with E-state index in [4.69, 9.17) is 34.5 Å². The molecule has 4 N–H and O–H groups in total. The van der Waals surface area contributed by atoms with E-state index in [-0.39, 0.29) is 28.7 Å². The highest BCUT2D eigenvalue weighted by Crippen LogP contribution is 2.32. The maximum absolute atomic E-state index is 9.89. The van der Waals surface area contributed by atoms with E-state index in [2.05, 4.69) is 10.0 Å². The third kappa shape index (κ3) is 3.66. The summed E-state index contributed by atoms with van der Waals surface area (Å²) in [7, 11) is 0. The normalized spacial score (nSPS) is 13.8. The summed E-state index contributed by atoms with van der Waals surface area (Å²) in [5.41, 5.74) is 14.2. The van der Waals surface area contributed by atoms with E-state index in [1.807, 2.05) is 0 Å². The predicted octanol–water partition coefficient (Wildman–Crippen LogP) is 2.67. The van der Waals surface area contributed by atoms with Crippen LogP contribution in [0.5, 0.6) is 0 Å². The summed E-state index contributed by atoms with van der Waals surface area (Å²) >= 11 is 11.7. The van der Waals surface area contributed by atoms with Crippen molar-refractivity contribution < 1.29 is 10.2 Å².